The monoisotopic (exact) mass is 241 g/mol. The number of amides is 1. The molecular formula is C13H27N3O. The SMILES string of the molecule is CC(CN)C(=O)NCCCN1CCCCC1C. The van der Waals surface area contributed by atoms with Crippen molar-refractivity contribution in [3.8, 4) is 0 Å². The molecule has 17 heavy (non-hydrogen) atoms. The summed E-state index contributed by atoms with van der Waals surface area (Å²) in [6.45, 7) is 7.67. The van der Waals surface area contributed by atoms with Crippen LogP contribution in [0.25, 0.3) is 0 Å². The van der Waals surface area contributed by atoms with Crippen molar-refractivity contribution in [3.63, 3.8) is 0 Å². The second-order valence-corrected chi connectivity index (χ2v) is 5.16. The van der Waals surface area contributed by atoms with E-state index in [0.29, 0.717) is 12.6 Å². The topological polar surface area (TPSA) is 58.4 Å². The predicted molar refractivity (Wildman–Crippen MR) is 70.7 cm³/mol. The molecule has 100 valence electrons. The van der Waals surface area contributed by atoms with Crippen LogP contribution in [0.3, 0.4) is 0 Å². The summed E-state index contributed by atoms with van der Waals surface area (Å²) >= 11 is 0. The van der Waals surface area contributed by atoms with E-state index in [0.717, 1.165) is 19.5 Å². The number of carbonyl (C=O) groups is 1. The van der Waals surface area contributed by atoms with Gasteiger partial charge in [-0.05, 0) is 32.7 Å². The molecule has 1 rings (SSSR count). The van der Waals surface area contributed by atoms with E-state index in [2.05, 4.69) is 17.1 Å². The summed E-state index contributed by atoms with van der Waals surface area (Å²) in [5.74, 6) is 0.0168. The lowest BCUT2D eigenvalue weighted by Crippen LogP contribution is -2.40. The second kappa shape index (κ2) is 7.67. The van der Waals surface area contributed by atoms with Gasteiger partial charge in [0.2, 0.25) is 5.91 Å². The van der Waals surface area contributed by atoms with Crippen molar-refractivity contribution >= 4 is 5.91 Å². The van der Waals surface area contributed by atoms with Gasteiger partial charge in [-0.25, -0.2) is 0 Å². The third kappa shape index (κ3) is 5.04. The highest BCUT2D eigenvalue weighted by molar-refractivity contribution is 5.78. The van der Waals surface area contributed by atoms with Crippen molar-refractivity contribution in [2.75, 3.05) is 26.2 Å². The Morgan fingerprint density at radius 2 is 2.29 bits per heavy atom. The number of piperidine rings is 1. The summed E-state index contributed by atoms with van der Waals surface area (Å²) in [5.41, 5.74) is 5.44. The van der Waals surface area contributed by atoms with Gasteiger partial charge in [-0.2, -0.15) is 0 Å². The maximum atomic E-state index is 11.5. The molecule has 0 aromatic rings. The molecule has 1 fully saturated rings. The smallest absolute Gasteiger partial charge is 0.224 e. The van der Waals surface area contributed by atoms with Crippen LogP contribution in [0, 0.1) is 5.92 Å². The van der Waals surface area contributed by atoms with Crippen LogP contribution in [0.2, 0.25) is 0 Å². The lowest BCUT2D eigenvalue weighted by atomic mass is 10.0. The van der Waals surface area contributed by atoms with Gasteiger partial charge in [0.25, 0.3) is 0 Å². The van der Waals surface area contributed by atoms with Crippen LogP contribution >= 0.6 is 0 Å². The van der Waals surface area contributed by atoms with Crippen molar-refractivity contribution in [1.82, 2.24) is 10.2 Å². The van der Waals surface area contributed by atoms with Gasteiger partial charge in [0.1, 0.15) is 0 Å². The van der Waals surface area contributed by atoms with E-state index in [1.165, 1.54) is 25.8 Å². The highest BCUT2D eigenvalue weighted by Crippen LogP contribution is 2.15. The van der Waals surface area contributed by atoms with Crippen LogP contribution in [-0.4, -0.2) is 43.0 Å². The fourth-order valence-electron chi connectivity index (χ4n) is 2.26. The summed E-state index contributed by atoms with van der Waals surface area (Å²) < 4.78 is 0. The highest BCUT2D eigenvalue weighted by Gasteiger charge is 2.17. The molecule has 1 aliphatic rings. The molecular weight excluding hydrogens is 214 g/mol. The molecule has 1 aliphatic heterocycles. The average Bonchev–Trinajstić information content (AvgIpc) is 2.35. The van der Waals surface area contributed by atoms with Gasteiger partial charge in [-0.15, -0.1) is 0 Å². The molecule has 0 radical (unpaired) electrons. The van der Waals surface area contributed by atoms with Gasteiger partial charge in [0.05, 0.1) is 0 Å². The number of carbonyl (C=O) groups excluding carboxylic acids is 1. The third-order valence-electron chi connectivity index (χ3n) is 3.66. The molecule has 0 aromatic heterocycles. The first kappa shape index (κ1) is 14.5. The Hall–Kier alpha value is -0.610. The number of hydrogen-bond acceptors (Lipinski definition) is 3. The zero-order chi connectivity index (χ0) is 12.7. The minimum Gasteiger partial charge on any atom is -0.356 e. The molecule has 1 heterocycles. The molecule has 1 amide bonds. The van der Waals surface area contributed by atoms with E-state index in [9.17, 15) is 4.79 Å². The molecule has 0 aliphatic carbocycles. The quantitative estimate of drug-likeness (QED) is 0.681. The maximum absolute atomic E-state index is 11.5. The number of likely N-dealkylation sites (tertiary alicyclic amines) is 1. The van der Waals surface area contributed by atoms with E-state index in [1.807, 2.05) is 6.92 Å². The van der Waals surface area contributed by atoms with Gasteiger partial charge >= 0.3 is 0 Å². The average molecular weight is 241 g/mol. The number of nitrogens with one attached hydrogen (secondary N) is 1. The maximum Gasteiger partial charge on any atom is 0.224 e. The Kier molecular flexibility index (Phi) is 6.52. The zero-order valence-electron chi connectivity index (χ0n) is 11.2. The number of hydrogen-bond donors (Lipinski definition) is 2. The molecule has 4 nitrogen and oxygen atoms in total. The van der Waals surface area contributed by atoms with Crippen molar-refractivity contribution < 1.29 is 4.79 Å². The highest BCUT2D eigenvalue weighted by atomic mass is 16.1. The van der Waals surface area contributed by atoms with E-state index in [1.54, 1.807) is 0 Å². The standard InChI is InChI=1S/C13H27N3O/c1-11(10-14)13(17)15-7-5-9-16-8-4-3-6-12(16)2/h11-12H,3-10,14H2,1-2H3,(H,15,17). The normalized spacial score (nSPS) is 23.4. The van der Waals surface area contributed by atoms with Crippen molar-refractivity contribution in [2.24, 2.45) is 11.7 Å². The fraction of sp³-hybridized carbons (Fsp3) is 0.923. The Labute approximate surface area is 105 Å². The summed E-state index contributed by atoms with van der Waals surface area (Å²) in [6, 6.07) is 0.711. The van der Waals surface area contributed by atoms with E-state index >= 15 is 0 Å². The first-order valence-electron chi connectivity index (χ1n) is 6.87. The Morgan fingerprint density at radius 1 is 1.53 bits per heavy atom. The number of rotatable bonds is 6. The van der Waals surface area contributed by atoms with Crippen molar-refractivity contribution in [2.45, 2.75) is 45.6 Å². The molecule has 1 saturated heterocycles. The van der Waals surface area contributed by atoms with Gasteiger partial charge < -0.3 is 16.0 Å². The summed E-state index contributed by atoms with van der Waals surface area (Å²) in [7, 11) is 0. The van der Waals surface area contributed by atoms with Crippen LogP contribution in [0.15, 0.2) is 0 Å². The first-order chi connectivity index (χ1) is 8.15. The lowest BCUT2D eigenvalue weighted by molar-refractivity contribution is -0.124. The summed E-state index contributed by atoms with van der Waals surface area (Å²) in [6.07, 6.45) is 5.03. The fourth-order valence-corrected chi connectivity index (χ4v) is 2.26. The van der Waals surface area contributed by atoms with Crippen LogP contribution in [0.4, 0.5) is 0 Å². The molecule has 0 saturated carbocycles. The van der Waals surface area contributed by atoms with Crippen molar-refractivity contribution in [1.29, 1.82) is 0 Å². The minimum atomic E-state index is -0.0658. The van der Waals surface area contributed by atoms with Gasteiger partial charge in [0, 0.05) is 31.6 Å². The minimum absolute atomic E-state index is 0.0658. The summed E-state index contributed by atoms with van der Waals surface area (Å²) in [4.78, 5) is 14.0. The Balaban J connectivity index is 2.09. The van der Waals surface area contributed by atoms with Gasteiger partial charge in [0.15, 0.2) is 0 Å². The molecule has 3 N–H and O–H groups in total. The molecule has 0 spiro atoms. The summed E-state index contributed by atoms with van der Waals surface area (Å²) in [5, 5.41) is 2.94. The van der Waals surface area contributed by atoms with E-state index in [4.69, 9.17) is 5.73 Å². The predicted octanol–water partition coefficient (Wildman–Crippen LogP) is 0.962. The Morgan fingerprint density at radius 3 is 2.94 bits per heavy atom. The third-order valence-corrected chi connectivity index (χ3v) is 3.66. The first-order valence-corrected chi connectivity index (χ1v) is 6.87. The molecule has 0 bridgehead atoms. The van der Waals surface area contributed by atoms with E-state index < -0.39 is 0 Å². The molecule has 2 atom stereocenters. The Bertz CT molecular complexity index is 233. The zero-order valence-corrected chi connectivity index (χ0v) is 11.2. The lowest BCUT2D eigenvalue weighted by Gasteiger charge is -2.33. The van der Waals surface area contributed by atoms with Crippen LogP contribution in [0.5, 0.6) is 0 Å². The van der Waals surface area contributed by atoms with Crippen molar-refractivity contribution in [3.05, 3.63) is 0 Å². The van der Waals surface area contributed by atoms with Crippen LogP contribution in [-0.2, 0) is 4.79 Å². The van der Waals surface area contributed by atoms with E-state index in [-0.39, 0.29) is 11.8 Å². The van der Waals surface area contributed by atoms with Gasteiger partial charge in [-0.3, -0.25) is 4.79 Å². The van der Waals surface area contributed by atoms with Gasteiger partial charge in [-0.1, -0.05) is 13.3 Å². The number of nitrogens with two attached hydrogens (primary N) is 1. The van der Waals surface area contributed by atoms with Crippen LogP contribution < -0.4 is 11.1 Å². The number of nitrogens with zero attached hydrogens (tertiary/aromatic N) is 1. The largest absolute Gasteiger partial charge is 0.356 e. The molecule has 4 heteroatoms. The molecule has 2 unspecified atom stereocenters. The second-order valence-electron chi connectivity index (χ2n) is 5.16. The molecule has 0 aromatic carbocycles. The van der Waals surface area contributed by atoms with Crippen LogP contribution in [0.1, 0.15) is 39.5 Å².